The number of aryl methyl sites for hydroxylation is 1. The van der Waals surface area contributed by atoms with E-state index in [0.29, 0.717) is 6.04 Å². The highest BCUT2D eigenvalue weighted by Crippen LogP contribution is 2.40. The largest absolute Gasteiger partial charge is 0.485 e. The Morgan fingerprint density at radius 3 is 2.75 bits per heavy atom. The maximum Gasteiger partial charge on any atom is 0.126 e. The molecule has 0 aliphatic carbocycles. The zero-order valence-corrected chi connectivity index (χ0v) is 13.3. The minimum absolute atomic E-state index is 0.106. The summed E-state index contributed by atoms with van der Waals surface area (Å²) in [7, 11) is 2.01. The van der Waals surface area contributed by atoms with Crippen molar-refractivity contribution in [2.24, 2.45) is 0 Å². The summed E-state index contributed by atoms with van der Waals surface area (Å²) in [5.41, 5.74) is 3.73. The van der Waals surface area contributed by atoms with E-state index >= 15 is 0 Å². The number of benzene rings is 2. The molecule has 0 spiro atoms. The van der Waals surface area contributed by atoms with Crippen LogP contribution in [0.25, 0.3) is 0 Å². The summed E-state index contributed by atoms with van der Waals surface area (Å²) in [6, 6.07) is 15.1. The minimum atomic E-state index is 0.106. The molecule has 1 heterocycles. The predicted octanol–water partition coefficient (Wildman–Crippen LogP) is 4.54. The molecule has 0 amide bonds. The number of rotatable bonds is 2. The smallest absolute Gasteiger partial charge is 0.126 e. The van der Waals surface area contributed by atoms with E-state index in [4.69, 9.17) is 4.74 Å². The Morgan fingerprint density at radius 2 is 2.00 bits per heavy atom. The van der Waals surface area contributed by atoms with Gasteiger partial charge in [0.05, 0.1) is 0 Å². The summed E-state index contributed by atoms with van der Waals surface area (Å²) in [5, 5.41) is 3.40. The summed E-state index contributed by atoms with van der Waals surface area (Å²) in [5.74, 6) is 0.990. The lowest BCUT2D eigenvalue weighted by molar-refractivity contribution is 0.154. The first kappa shape index (κ1) is 13.7. The number of hydrogen-bond donors (Lipinski definition) is 1. The highest BCUT2D eigenvalue weighted by Gasteiger charge is 2.28. The van der Waals surface area contributed by atoms with Gasteiger partial charge in [0, 0.05) is 22.5 Å². The summed E-state index contributed by atoms with van der Waals surface area (Å²) in [4.78, 5) is 0. The molecule has 0 bridgehead atoms. The quantitative estimate of drug-likeness (QED) is 0.872. The number of fused-ring (bicyclic) bond motifs is 1. The van der Waals surface area contributed by atoms with Crippen LogP contribution in [0.2, 0.25) is 0 Å². The average molecular weight is 332 g/mol. The Morgan fingerprint density at radius 1 is 1.20 bits per heavy atom. The molecule has 0 aromatic heterocycles. The molecule has 2 aromatic rings. The Balaban J connectivity index is 1.95. The number of hydrogen-bond acceptors (Lipinski definition) is 2. The molecular formula is C17H18BrNO. The first-order valence-corrected chi connectivity index (χ1v) is 7.67. The average Bonchev–Trinajstić information content (AvgIpc) is 2.49. The van der Waals surface area contributed by atoms with Crippen LogP contribution >= 0.6 is 15.9 Å². The van der Waals surface area contributed by atoms with Crippen molar-refractivity contribution >= 4 is 15.9 Å². The molecular weight excluding hydrogens is 314 g/mol. The zero-order chi connectivity index (χ0) is 14.1. The van der Waals surface area contributed by atoms with Crippen LogP contribution in [0.5, 0.6) is 5.75 Å². The number of ether oxygens (including phenoxy) is 1. The van der Waals surface area contributed by atoms with Crippen LogP contribution in [0.3, 0.4) is 0 Å². The first-order chi connectivity index (χ1) is 9.69. The van der Waals surface area contributed by atoms with Crippen molar-refractivity contribution in [1.82, 2.24) is 5.32 Å². The molecule has 20 heavy (non-hydrogen) atoms. The Labute approximate surface area is 128 Å². The van der Waals surface area contributed by atoms with E-state index < -0.39 is 0 Å². The van der Waals surface area contributed by atoms with Crippen molar-refractivity contribution in [1.29, 1.82) is 0 Å². The fourth-order valence-electron chi connectivity index (χ4n) is 2.76. The van der Waals surface area contributed by atoms with E-state index in [1.54, 1.807) is 0 Å². The van der Waals surface area contributed by atoms with Crippen molar-refractivity contribution in [2.45, 2.75) is 25.5 Å². The van der Waals surface area contributed by atoms with Crippen molar-refractivity contribution in [3.8, 4) is 5.75 Å². The lowest BCUT2D eigenvalue weighted by atomic mass is 9.92. The van der Waals surface area contributed by atoms with Gasteiger partial charge in [0.25, 0.3) is 0 Å². The van der Waals surface area contributed by atoms with E-state index in [0.717, 1.165) is 16.6 Å². The Hall–Kier alpha value is -1.32. The second kappa shape index (κ2) is 5.58. The molecule has 2 aromatic carbocycles. The fourth-order valence-corrected chi connectivity index (χ4v) is 3.01. The maximum atomic E-state index is 6.19. The van der Waals surface area contributed by atoms with Gasteiger partial charge in [0.15, 0.2) is 0 Å². The third kappa shape index (κ3) is 2.48. The molecule has 2 atom stereocenters. The van der Waals surface area contributed by atoms with Crippen molar-refractivity contribution in [3.05, 3.63) is 63.6 Å². The fraction of sp³-hybridized carbons (Fsp3) is 0.294. The third-order valence-corrected chi connectivity index (χ3v) is 4.81. The molecule has 1 N–H and O–H groups in total. The van der Waals surface area contributed by atoms with E-state index in [-0.39, 0.29) is 6.10 Å². The van der Waals surface area contributed by atoms with Crippen LogP contribution in [0.4, 0.5) is 0 Å². The van der Waals surface area contributed by atoms with E-state index in [9.17, 15) is 0 Å². The second-order valence-corrected chi connectivity index (χ2v) is 6.08. The lowest BCUT2D eigenvalue weighted by Gasteiger charge is -2.32. The van der Waals surface area contributed by atoms with E-state index in [1.807, 2.05) is 13.1 Å². The molecule has 0 radical (unpaired) electrons. The standard InChI is InChI=1S/C17H18BrNO/c1-11-9-12(7-8-14(11)18)17-10-15(19-2)13-5-3-4-6-16(13)20-17/h3-9,15,17,19H,10H2,1-2H3. The minimum Gasteiger partial charge on any atom is -0.485 e. The van der Waals surface area contributed by atoms with Gasteiger partial charge >= 0.3 is 0 Å². The van der Waals surface area contributed by atoms with Gasteiger partial charge in [-0.2, -0.15) is 0 Å². The van der Waals surface area contributed by atoms with Crippen LogP contribution < -0.4 is 10.1 Å². The number of para-hydroxylation sites is 1. The molecule has 1 aliphatic heterocycles. The highest BCUT2D eigenvalue weighted by molar-refractivity contribution is 9.10. The van der Waals surface area contributed by atoms with Gasteiger partial charge in [-0.05, 0) is 37.2 Å². The highest BCUT2D eigenvalue weighted by atomic mass is 79.9. The number of nitrogens with one attached hydrogen (secondary N) is 1. The van der Waals surface area contributed by atoms with Crippen LogP contribution in [-0.2, 0) is 0 Å². The van der Waals surface area contributed by atoms with E-state index in [2.05, 4.69) is 64.6 Å². The monoisotopic (exact) mass is 331 g/mol. The molecule has 104 valence electrons. The maximum absolute atomic E-state index is 6.19. The molecule has 0 fully saturated rings. The summed E-state index contributed by atoms with van der Waals surface area (Å²) < 4.78 is 7.33. The summed E-state index contributed by atoms with van der Waals surface area (Å²) in [6.45, 7) is 2.11. The van der Waals surface area contributed by atoms with Crippen molar-refractivity contribution in [3.63, 3.8) is 0 Å². The van der Waals surface area contributed by atoms with Crippen LogP contribution in [0, 0.1) is 6.92 Å². The van der Waals surface area contributed by atoms with Crippen molar-refractivity contribution in [2.75, 3.05) is 7.05 Å². The van der Waals surface area contributed by atoms with Crippen LogP contribution in [-0.4, -0.2) is 7.05 Å². The Kier molecular flexibility index (Phi) is 3.81. The Bertz CT molecular complexity index is 626. The topological polar surface area (TPSA) is 21.3 Å². The van der Waals surface area contributed by atoms with Gasteiger partial charge in [-0.3, -0.25) is 0 Å². The molecule has 3 heteroatoms. The number of halogens is 1. The molecule has 2 nitrogen and oxygen atoms in total. The second-order valence-electron chi connectivity index (χ2n) is 5.23. The van der Waals surface area contributed by atoms with Crippen molar-refractivity contribution < 1.29 is 4.74 Å². The third-order valence-electron chi connectivity index (χ3n) is 3.92. The predicted molar refractivity (Wildman–Crippen MR) is 85.1 cm³/mol. The molecule has 1 aliphatic rings. The summed E-state index contributed by atoms with van der Waals surface area (Å²) in [6.07, 6.45) is 1.06. The van der Waals surface area contributed by atoms with Gasteiger partial charge in [-0.25, -0.2) is 0 Å². The van der Waals surface area contributed by atoms with Crippen LogP contribution in [0.15, 0.2) is 46.9 Å². The molecule has 0 saturated carbocycles. The van der Waals surface area contributed by atoms with Gasteiger partial charge in [0.1, 0.15) is 11.9 Å². The lowest BCUT2D eigenvalue weighted by Crippen LogP contribution is -2.26. The SMILES string of the molecule is CNC1CC(c2ccc(Br)c(C)c2)Oc2ccccc21. The normalized spacial score (nSPS) is 21.1. The molecule has 3 rings (SSSR count). The van der Waals surface area contributed by atoms with Gasteiger partial charge in [-0.15, -0.1) is 0 Å². The van der Waals surface area contributed by atoms with Gasteiger partial charge in [-0.1, -0.05) is 46.3 Å². The summed E-state index contributed by atoms with van der Waals surface area (Å²) >= 11 is 3.55. The molecule has 0 saturated heterocycles. The van der Waals surface area contributed by atoms with E-state index in [1.165, 1.54) is 16.7 Å². The van der Waals surface area contributed by atoms with Gasteiger partial charge in [0.2, 0.25) is 0 Å². The zero-order valence-electron chi connectivity index (χ0n) is 11.7. The van der Waals surface area contributed by atoms with Gasteiger partial charge < -0.3 is 10.1 Å². The molecule has 2 unspecified atom stereocenters. The first-order valence-electron chi connectivity index (χ1n) is 6.88. The van der Waals surface area contributed by atoms with Crippen LogP contribution in [0.1, 0.15) is 35.3 Å².